The minimum absolute atomic E-state index is 0.0924. The minimum Gasteiger partial charge on any atom is -0.361 e. The van der Waals surface area contributed by atoms with Crippen LogP contribution in [0.15, 0.2) is 48.7 Å². The van der Waals surface area contributed by atoms with Crippen molar-refractivity contribution in [2.75, 3.05) is 45.2 Å². The lowest BCUT2D eigenvalue weighted by Crippen LogP contribution is -2.53. The molecule has 2 aromatic carbocycles. The molecule has 3 aromatic rings. The average Bonchev–Trinajstić information content (AvgIpc) is 3.49. The second-order valence-corrected chi connectivity index (χ2v) is 14.8. The molecule has 3 aliphatic rings. The molecule has 0 radical (unpaired) electrons. The summed E-state index contributed by atoms with van der Waals surface area (Å²) < 4.78 is 0. The topological polar surface area (TPSA) is 88.8 Å². The van der Waals surface area contributed by atoms with Crippen molar-refractivity contribution in [3.63, 3.8) is 0 Å². The summed E-state index contributed by atoms with van der Waals surface area (Å²) in [7, 11) is 4.11. The molecule has 252 valence electrons. The van der Waals surface area contributed by atoms with E-state index < -0.39 is 6.04 Å². The van der Waals surface area contributed by atoms with Gasteiger partial charge in [-0.3, -0.25) is 14.4 Å². The van der Waals surface area contributed by atoms with Crippen LogP contribution in [-0.4, -0.2) is 78.8 Å². The van der Waals surface area contributed by atoms with Crippen LogP contribution in [0.25, 0.3) is 10.9 Å². The van der Waals surface area contributed by atoms with Crippen LogP contribution < -0.4 is 10.2 Å². The van der Waals surface area contributed by atoms with E-state index in [-0.39, 0.29) is 23.7 Å². The molecule has 1 aliphatic carbocycles. The zero-order valence-electron chi connectivity index (χ0n) is 28.0. The average molecular weight is 660 g/mol. The molecule has 9 heteroatoms. The van der Waals surface area contributed by atoms with Crippen molar-refractivity contribution >= 4 is 45.9 Å². The maximum Gasteiger partial charge on any atom is 0.249 e. The molecule has 3 amide bonds. The highest BCUT2D eigenvalue weighted by Crippen LogP contribution is 2.34. The van der Waals surface area contributed by atoms with Gasteiger partial charge in [0.2, 0.25) is 17.7 Å². The van der Waals surface area contributed by atoms with Gasteiger partial charge in [0.05, 0.1) is 0 Å². The van der Waals surface area contributed by atoms with Crippen molar-refractivity contribution in [1.82, 2.24) is 20.1 Å². The third-order valence-corrected chi connectivity index (χ3v) is 10.8. The molecule has 2 fully saturated rings. The van der Waals surface area contributed by atoms with E-state index in [1.165, 1.54) is 19.3 Å². The molecule has 1 saturated heterocycles. The maximum atomic E-state index is 14.5. The van der Waals surface area contributed by atoms with Crippen molar-refractivity contribution < 1.29 is 14.4 Å². The lowest BCUT2D eigenvalue weighted by molar-refractivity contribution is -0.138. The van der Waals surface area contributed by atoms with E-state index in [9.17, 15) is 14.4 Å². The van der Waals surface area contributed by atoms with Gasteiger partial charge in [-0.25, -0.2) is 0 Å². The predicted molar refractivity (Wildman–Crippen MR) is 189 cm³/mol. The van der Waals surface area contributed by atoms with Gasteiger partial charge in [-0.15, -0.1) is 0 Å². The monoisotopic (exact) mass is 659 g/mol. The normalized spacial score (nSPS) is 20.0. The largest absolute Gasteiger partial charge is 0.361 e. The van der Waals surface area contributed by atoms with E-state index in [2.05, 4.69) is 40.3 Å². The van der Waals surface area contributed by atoms with Gasteiger partial charge in [-0.05, 0) is 99.8 Å². The summed E-state index contributed by atoms with van der Waals surface area (Å²) in [5.74, 6) is 1.02. The van der Waals surface area contributed by atoms with Gasteiger partial charge in [0.25, 0.3) is 0 Å². The summed E-state index contributed by atoms with van der Waals surface area (Å²) in [6, 6.07) is 13.1. The molecule has 0 spiro atoms. The number of carbonyl (C=O) groups is 3. The Bertz CT molecular complexity index is 1560. The molecule has 47 heavy (non-hydrogen) atoms. The van der Waals surface area contributed by atoms with E-state index in [1.807, 2.05) is 47.5 Å². The Labute approximate surface area is 284 Å². The number of halogens is 1. The van der Waals surface area contributed by atoms with Crippen LogP contribution in [0.3, 0.4) is 0 Å². The number of piperidine rings is 1. The number of fused-ring (bicyclic) bond motifs is 2. The fourth-order valence-corrected chi connectivity index (χ4v) is 8.32. The SMILES string of the molecule is CN(C)C[C@H]1Cc2cc(Cl)ccc2N(C(=O)[C@@H](Cc2c[nH]c3ccccc23)NC(=O)CCC2CCN(C(=O)C3CCCCC3)CC2)C1. The Morgan fingerprint density at radius 1 is 1.00 bits per heavy atom. The Kier molecular flexibility index (Phi) is 10.9. The standard InChI is InChI=1S/C38H50ClN5O3/c1-42(2)24-27-20-29-21-31(39)13-14-35(29)44(25-27)38(47)34(22-30-23-40-33-11-7-6-10-32(30)33)41-36(45)15-12-26-16-18-43(19-17-26)37(46)28-8-4-3-5-9-28/h6-7,10-11,13-14,21,23,26-28,34,40H,3-5,8-9,12,15-20,22,24-25H2,1-2H3,(H,41,45)/t27-,34-/m1/s1. The zero-order valence-corrected chi connectivity index (χ0v) is 28.7. The molecule has 1 saturated carbocycles. The molecule has 2 aliphatic heterocycles. The third-order valence-electron chi connectivity index (χ3n) is 10.6. The lowest BCUT2D eigenvalue weighted by Gasteiger charge is -2.38. The van der Waals surface area contributed by atoms with Gasteiger partial charge in [-0.2, -0.15) is 0 Å². The van der Waals surface area contributed by atoms with Gasteiger partial charge in [0.15, 0.2) is 0 Å². The molecule has 2 N–H and O–H groups in total. The summed E-state index contributed by atoms with van der Waals surface area (Å²) in [5.41, 5.74) is 3.96. The molecular formula is C38H50ClN5O3. The zero-order chi connectivity index (χ0) is 32.9. The highest BCUT2D eigenvalue weighted by atomic mass is 35.5. The molecule has 3 heterocycles. The number of benzene rings is 2. The van der Waals surface area contributed by atoms with Crippen LogP contribution in [0.5, 0.6) is 0 Å². The number of para-hydroxylation sites is 1. The maximum absolute atomic E-state index is 14.5. The number of likely N-dealkylation sites (tertiary alicyclic amines) is 1. The first-order chi connectivity index (χ1) is 22.7. The van der Waals surface area contributed by atoms with Crippen molar-refractivity contribution in [2.24, 2.45) is 17.8 Å². The van der Waals surface area contributed by atoms with E-state index in [0.717, 1.165) is 85.9 Å². The second-order valence-electron chi connectivity index (χ2n) is 14.4. The first-order valence-corrected chi connectivity index (χ1v) is 18.0. The number of anilines is 1. The van der Waals surface area contributed by atoms with Crippen molar-refractivity contribution in [3.05, 3.63) is 64.8 Å². The fraction of sp³-hybridized carbons (Fsp3) is 0.553. The first-order valence-electron chi connectivity index (χ1n) is 17.6. The van der Waals surface area contributed by atoms with E-state index in [4.69, 9.17) is 11.6 Å². The Balaban J connectivity index is 1.14. The van der Waals surface area contributed by atoms with Gasteiger partial charge < -0.3 is 25.0 Å². The molecule has 0 unspecified atom stereocenters. The van der Waals surface area contributed by atoms with Crippen LogP contribution >= 0.6 is 11.6 Å². The highest BCUT2D eigenvalue weighted by Gasteiger charge is 2.35. The number of aromatic nitrogens is 1. The molecule has 2 atom stereocenters. The van der Waals surface area contributed by atoms with Crippen molar-refractivity contribution in [1.29, 1.82) is 0 Å². The smallest absolute Gasteiger partial charge is 0.249 e. The van der Waals surface area contributed by atoms with Crippen LogP contribution in [0.1, 0.15) is 68.9 Å². The highest BCUT2D eigenvalue weighted by molar-refractivity contribution is 6.30. The number of amides is 3. The Hall–Kier alpha value is -3.36. The van der Waals surface area contributed by atoms with Crippen molar-refractivity contribution in [2.45, 2.75) is 76.7 Å². The summed E-state index contributed by atoms with van der Waals surface area (Å²) in [5, 5.41) is 4.90. The second kappa shape index (κ2) is 15.2. The van der Waals surface area contributed by atoms with Crippen LogP contribution in [0, 0.1) is 17.8 Å². The van der Waals surface area contributed by atoms with E-state index in [0.29, 0.717) is 36.2 Å². The lowest BCUT2D eigenvalue weighted by atomic mass is 9.86. The molecule has 0 bridgehead atoms. The minimum atomic E-state index is -0.710. The van der Waals surface area contributed by atoms with Crippen LogP contribution in [0.4, 0.5) is 5.69 Å². The molecule has 6 rings (SSSR count). The number of carbonyl (C=O) groups excluding carboxylic acids is 3. The number of H-pyrrole nitrogens is 1. The molecular weight excluding hydrogens is 610 g/mol. The summed E-state index contributed by atoms with van der Waals surface area (Å²) in [6.07, 6.45) is 11.9. The van der Waals surface area contributed by atoms with Gasteiger partial charge in [0, 0.05) is 72.7 Å². The quantitative estimate of drug-likeness (QED) is 0.271. The van der Waals surface area contributed by atoms with Crippen LogP contribution in [-0.2, 0) is 27.2 Å². The summed E-state index contributed by atoms with van der Waals surface area (Å²) in [6.45, 7) is 3.01. The molecule has 1 aromatic heterocycles. The number of nitrogens with zero attached hydrogens (tertiary/aromatic N) is 3. The Morgan fingerprint density at radius 2 is 1.77 bits per heavy atom. The van der Waals surface area contributed by atoms with Crippen LogP contribution in [0.2, 0.25) is 5.02 Å². The summed E-state index contributed by atoms with van der Waals surface area (Å²) in [4.78, 5) is 50.6. The predicted octanol–water partition coefficient (Wildman–Crippen LogP) is 6.21. The first kappa shape index (κ1) is 33.5. The van der Waals surface area contributed by atoms with E-state index in [1.54, 1.807) is 0 Å². The van der Waals surface area contributed by atoms with Gasteiger partial charge >= 0.3 is 0 Å². The summed E-state index contributed by atoms with van der Waals surface area (Å²) >= 11 is 6.40. The number of hydrogen-bond donors (Lipinski definition) is 2. The third kappa shape index (κ3) is 8.21. The van der Waals surface area contributed by atoms with Crippen molar-refractivity contribution in [3.8, 4) is 0 Å². The van der Waals surface area contributed by atoms with Gasteiger partial charge in [0.1, 0.15) is 6.04 Å². The fourth-order valence-electron chi connectivity index (χ4n) is 8.12. The Morgan fingerprint density at radius 3 is 2.53 bits per heavy atom. The number of nitrogens with one attached hydrogen (secondary N) is 2. The number of hydrogen-bond acceptors (Lipinski definition) is 4. The van der Waals surface area contributed by atoms with Gasteiger partial charge in [-0.1, -0.05) is 49.1 Å². The number of aromatic amines is 1. The molecule has 8 nitrogen and oxygen atoms in total. The number of rotatable bonds is 10. The van der Waals surface area contributed by atoms with E-state index >= 15 is 0 Å².